The third-order valence-electron chi connectivity index (χ3n) is 3.71. The lowest BCUT2D eigenvalue weighted by molar-refractivity contribution is -0.112. The maximum absolute atomic E-state index is 12.5. The van der Waals surface area contributed by atoms with Crippen LogP contribution in [0.4, 0.5) is 5.69 Å². The molecule has 118 valence electrons. The zero-order valence-electron chi connectivity index (χ0n) is 13.0. The van der Waals surface area contributed by atoms with Crippen LogP contribution in [0.25, 0.3) is 0 Å². The van der Waals surface area contributed by atoms with Gasteiger partial charge in [0.25, 0.3) is 5.91 Å². The van der Waals surface area contributed by atoms with Crippen LogP contribution in [-0.2, 0) is 9.63 Å². The second-order valence-corrected chi connectivity index (χ2v) is 5.17. The number of hydrogen-bond acceptors (Lipinski definition) is 5. The summed E-state index contributed by atoms with van der Waals surface area (Å²) >= 11 is 0. The van der Waals surface area contributed by atoms with Crippen molar-refractivity contribution in [3.63, 3.8) is 0 Å². The summed E-state index contributed by atoms with van der Waals surface area (Å²) in [6.45, 7) is 0. The second kappa shape index (κ2) is 6.48. The fourth-order valence-electron chi connectivity index (χ4n) is 2.35. The molecule has 6 nitrogen and oxygen atoms in total. The zero-order chi connectivity index (χ0) is 16.2. The highest BCUT2D eigenvalue weighted by Crippen LogP contribution is 2.28. The van der Waals surface area contributed by atoms with E-state index >= 15 is 0 Å². The number of ether oxygens (including phenoxy) is 1. The number of amides is 1. The molecule has 0 spiro atoms. The molecule has 1 aromatic carbocycles. The van der Waals surface area contributed by atoms with Crippen molar-refractivity contribution in [1.29, 1.82) is 0 Å². The number of methoxy groups -OCH3 is 1. The number of anilines is 1. The average molecular weight is 311 g/mol. The van der Waals surface area contributed by atoms with Gasteiger partial charge in [0.15, 0.2) is 6.10 Å². The Hall–Kier alpha value is -2.89. The van der Waals surface area contributed by atoms with Crippen LogP contribution in [0.2, 0.25) is 0 Å². The van der Waals surface area contributed by atoms with Crippen LogP contribution in [0.1, 0.15) is 18.1 Å². The summed E-state index contributed by atoms with van der Waals surface area (Å²) in [6, 6.07) is 13.2. The number of carbonyl (C=O) groups excluding carboxylic acids is 1. The van der Waals surface area contributed by atoms with Crippen LogP contribution in [0.5, 0.6) is 5.88 Å². The number of aromatic nitrogens is 1. The normalized spacial score (nSPS) is 16.4. The lowest BCUT2D eigenvalue weighted by atomic mass is 10.0. The summed E-state index contributed by atoms with van der Waals surface area (Å²) in [7, 11) is 3.23. The van der Waals surface area contributed by atoms with Crippen molar-refractivity contribution in [1.82, 2.24) is 4.98 Å². The standard InChI is InChI=1S/C17H17N3O3/c1-20(13-8-9-16(22-2)18-11-13)17(21)14-10-15(23-19-14)12-6-4-3-5-7-12/h3-9,11,15H,10H2,1-2H3/t15-/m1/s1. The van der Waals surface area contributed by atoms with E-state index < -0.39 is 0 Å². The van der Waals surface area contributed by atoms with Crippen molar-refractivity contribution in [3.05, 3.63) is 54.2 Å². The maximum Gasteiger partial charge on any atom is 0.276 e. The summed E-state index contributed by atoms with van der Waals surface area (Å²) in [5, 5.41) is 3.95. The van der Waals surface area contributed by atoms with Crippen LogP contribution in [-0.4, -0.2) is 30.8 Å². The molecule has 1 aromatic heterocycles. The fraction of sp³-hybridized carbons (Fsp3) is 0.235. The van der Waals surface area contributed by atoms with Crippen molar-refractivity contribution < 1.29 is 14.4 Å². The Morgan fingerprint density at radius 2 is 2.04 bits per heavy atom. The molecule has 23 heavy (non-hydrogen) atoms. The highest BCUT2D eigenvalue weighted by molar-refractivity contribution is 6.43. The van der Waals surface area contributed by atoms with Crippen LogP contribution >= 0.6 is 0 Å². The molecule has 1 amide bonds. The topological polar surface area (TPSA) is 64.0 Å². The summed E-state index contributed by atoms with van der Waals surface area (Å²) < 4.78 is 5.01. The number of nitrogens with zero attached hydrogens (tertiary/aromatic N) is 3. The van der Waals surface area contributed by atoms with Gasteiger partial charge in [-0.3, -0.25) is 4.79 Å². The fourth-order valence-corrected chi connectivity index (χ4v) is 2.35. The number of benzene rings is 1. The number of hydrogen-bond donors (Lipinski definition) is 0. The molecule has 1 aliphatic heterocycles. The lowest BCUT2D eigenvalue weighted by Gasteiger charge is -2.16. The minimum Gasteiger partial charge on any atom is -0.481 e. The van der Waals surface area contributed by atoms with E-state index in [1.807, 2.05) is 30.3 Å². The van der Waals surface area contributed by atoms with Crippen molar-refractivity contribution >= 4 is 17.3 Å². The molecule has 1 atom stereocenters. The first-order valence-electron chi connectivity index (χ1n) is 7.25. The Labute approximate surface area is 134 Å². The van der Waals surface area contributed by atoms with E-state index in [0.29, 0.717) is 23.7 Å². The summed E-state index contributed by atoms with van der Waals surface area (Å²) in [4.78, 5) is 23.5. The molecule has 0 saturated heterocycles. The minimum absolute atomic E-state index is 0.199. The quantitative estimate of drug-likeness (QED) is 0.870. The summed E-state index contributed by atoms with van der Waals surface area (Å²) in [5.74, 6) is 0.302. The predicted octanol–water partition coefficient (Wildman–Crippen LogP) is 2.57. The highest BCUT2D eigenvalue weighted by Gasteiger charge is 2.29. The Kier molecular flexibility index (Phi) is 4.23. The summed E-state index contributed by atoms with van der Waals surface area (Å²) in [6.07, 6.45) is 1.83. The van der Waals surface area contributed by atoms with Gasteiger partial charge in [-0.25, -0.2) is 4.98 Å². The second-order valence-electron chi connectivity index (χ2n) is 5.17. The Morgan fingerprint density at radius 1 is 1.26 bits per heavy atom. The number of carbonyl (C=O) groups is 1. The molecule has 0 N–H and O–H groups in total. The van der Waals surface area contributed by atoms with Gasteiger partial charge in [-0.2, -0.15) is 0 Å². The van der Waals surface area contributed by atoms with Gasteiger partial charge < -0.3 is 14.5 Å². The van der Waals surface area contributed by atoms with Gasteiger partial charge in [0.05, 0.1) is 19.0 Å². The van der Waals surface area contributed by atoms with E-state index in [9.17, 15) is 4.79 Å². The Morgan fingerprint density at radius 3 is 2.70 bits per heavy atom. The van der Waals surface area contributed by atoms with Gasteiger partial charge in [-0.1, -0.05) is 35.5 Å². The van der Waals surface area contributed by atoms with Crippen molar-refractivity contribution in [3.8, 4) is 5.88 Å². The van der Waals surface area contributed by atoms with Crippen LogP contribution < -0.4 is 9.64 Å². The third-order valence-corrected chi connectivity index (χ3v) is 3.71. The van der Waals surface area contributed by atoms with Crippen molar-refractivity contribution in [2.75, 3.05) is 19.1 Å². The molecule has 0 unspecified atom stereocenters. The average Bonchev–Trinajstić information content (AvgIpc) is 3.11. The van der Waals surface area contributed by atoms with E-state index in [1.165, 1.54) is 4.90 Å². The van der Waals surface area contributed by atoms with Gasteiger partial charge in [-0.15, -0.1) is 0 Å². The first-order chi connectivity index (χ1) is 11.2. The van der Waals surface area contributed by atoms with Gasteiger partial charge in [0.1, 0.15) is 5.71 Å². The smallest absolute Gasteiger partial charge is 0.276 e. The van der Waals surface area contributed by atoms with Crippen LogP contribution in [0.15, 0.2) is 53.8 Å². The number of rotatable bonds is 4. The molecule has 3 rings (SSSR count). The SMILES string of the molecule is COc1ccc(N(C)C(=O)C2=NO[C@@H](c3ccccc3)C2)cn1. The highest BCUT2D eigenvalue weighted by atomic mass is 16.6. The molecule has 0 radical (unpaired) electrons. The van der Waals surface area contributed by atoms with Gasteiger partial charge >= 0.3 is 0 Å². The molecule has 2 heterocycles. The van der Waals surface area contributed by atoms with Gasteiger partial charge in [0, 0.05) is 19.5 Å². The van der Waals surface area contributed by atoms with Crippen molar-refractivity contribution in [2.45, 2.75) is 12.5 Å². The zero-order valence-corrected chi connectivity index (χ0v) is 13.0. The molecule has 2 aromatic rings. The maximum atomic E-state index is 12.5. The van der Waals surface area contributed by atoms with Crippen LogP contribution in [0.3, 0.4) is 0 Å². The van der Waals surface area contributed by atoms with E-state index in [1.54, 1.807) is 32.5 Å². The minimum atomic E-state index is -0.211. The lowest BCUT2D eigenvalue weighted by Crippen LogP contribution is -2.32. The molecule has 1 aliphatic rings. The monoisotopic (exact) mass is 311 g/mol. The molecule has 0 fully saturated rings. The van der Waals surface area contributed by atoms with E-state index in [0.717, 1.165) is 5.56 Å². The first-order valence-corrected chi connectivity index (χ1v) is 7.25. The first kappa shape index (κ1) is 15.0. The molecule has 6 heteroatoms. The molecule has 0 saturated carbocycles. The van der Waals surface area contributed by atoms with Gasteiger partial charge in [-0.05, 0) is 11.6 Å². The van der Waals surface area contributed by atoms with E-state index in [-0.39, 0.29) is 12.0 Å². The molecule has 0 bridgehead atoms. The predicted molar refractivity (Wildman–Crippen MR) is 86.5 cm³/mol. The van der Waals surface area contributed by atoms with Crippen LogP contribution in [0, 0.1) is 0 Å². The molecular formula is C17H17N3O3. The van der Waals surface area contributed by atoms with Gasteiger partial charge in [0.2, 0.25) is 5.88 Å². The Bertz CT molecular complexity index is 714. The molecular weight excluding hydrogens is 294 g/mol. The van der Waals surface area contributed by atoms with E-state index in [4.69, 9.17) is 9.57 Å². The number of pyridine rings is 1. The Balaban J connectivity index is 1.68. The largest absolute Gasteiger partial charge is 0.481 e. The third kappa shape index (κ3) is 3.15. The molecule has 0 aliphatic carbocycles. The number of oxime groups is 1. The summed E-state index contributed by atoms with van der Waals surface area (Å²) in [5.41, 5.74) is 2.08. The van der Waals surface area contributed by atoms with Crippen molar-refractivity contribution in [2.24, 2.45) is 5.16 Å². The van der Waals surface area contributed by atoms with E-state index in [2.05, 4.69) is 10.1 Å².